The molecule has 1 amide bonds. The van der Waals surface area contributed by atoms with Crippen molar-refractivity contribution in [3.05, 3.63) is 65.7 Å². The van der Waals surface area contributed by atoms with Crippen LogP contribution in [-0.2, 0) is 10.2 Å². The first kappa shape index (κ1) is 15.1. The van der Waals surface area contributed by atoms with Crippen molar-refractivity contribution >= 4 is 11.6 Å². The van der Waals surface area contributed by atoms with Crippen molar-refractivity contribution in [1.82, 2.24) is 0 Å². The predicted molar refractivity (Wildman–Crippen MR) is 87.1 cm³/mol. The van der Waals surface area contributed by atoms with Gasteiger partial charge in [0.2, 0.25) is 5.91 Å². The molecule has 1 atom stereocenters. The van der Waals surface area contributed by atoms with Crippen LogP contribution in [0.25, 0.3) is 0 Å². The molecule has 0 heterocycles. The van der Waals surface area contributed by atoms with E-state index in [4.69, 9.17) is 5.73 Å². The number of hydrogen-bond acceptors (Lipinski definition) is 2. The first-order valence-corrected chi connectivity index (χ1v) is 7.09. The number of amides is 1. The van der Waals surface area contributed by atoms with Gasteiger partial charge in [-0.1, -0.05) is 63.2 Å². The second-order valence-corrected chi connectivity index (χ2v) is 6.22. The quantitative estimate of drug-likeness (QED) is 0.899. The Morgan fingerprint density at radius 2 is 1.57 bits per heavy atom. The van der Waals surface area contributed by atoms with Crippen molar-refractivity contribution in [3.63, 3.8) is 0 Å². The summed E-state index contributed by atoms with van der Waals surface area (Å²) in [7, 11) is 0. The van der Waals surface area contributed by atoms with Gasteiger partial charge in [-0.15, -0.1) is 0 Å². The van der Waals surface area contributed by atoms with Crippen LogP contribution in [0, 0.1) is 0 Å². The van der Waals surface area contributed by atoms with E-state index in [-0.39, 0.29) is 11.3 Å². The van der Waals surface area contributed by atoms with Crippen molar-refractivity contribution in [1.29, 1.82) is 0 Å². The zero-order valence-electron chi connectivity index (χ0n) is 12.8. The number of hydrogen-bond donors (Lipinski definition) is 2. The molecule has 0 fully saturated rings. The highest BCUT2D eigenvalue weighted by Crippen LogP contribution is 2.25. The summed E-state index contributed by atoms with van der Waals surface area (Å²) in [5, 5.41) is 3.20. The molecule has 110 valence electrons. The Labute approximate surface area is 126 Å². The van der Waals surface area contributed by atoms with Gasteiger partial charge in [0.25, 0.3) is 0 Å². The van der Waals surface area contributed by atoms with Crippen molar-refractivity contribution in [3.8, 4) is 0 Å². The average molecular weight is 282 g/mol. The third-order valence-electron chi connectivity index (χ3n) is 3.48. The number of nitrogens with one attached hydrogen (secondary N) is 1. The van der Waals surface area contributed by atoms with Crippen LogP contribution < -0.4 is 11.1 Å². The van der Waals surface area contributed by atoms with Crippen LogP contribution in [0.1, 0.15) is 37.9 Å². The van der Waals surface area contributed by atoms with E-state index in [1.54, 1.807) is 0 Å². The Bertz CT molecular complexity index is 597. The van der Waals surface area contributed by atoms with E-state index in [1.807, 2.05) is 42.5 Å². The molecule has 2 aromatic rings. The van der Waals surface area contributed by atoms with E-state index >= 15 is 0 Å². The largest absolute Gasteiger partial charge is 0.370 e. The minimum atomic E-state index is -0.522. The Balaban J connectivity index is 2.20. The van der Waals surface area contributed by atoms with Crippen molar-refractivity contribution in [2.75, 3.05) is 5.32 Å². The molecule has 3 nitrogen and oxygen atoms in total. The fourth-order valence-electron chi connectivity index (χ4n) is 2.20. The van der Waals surface area contributed by atoms with E-state index in [0.29, 0.717) is 0 Å². The van der Waals surface area contributed by atoms with Gasteiger partial charge in [0, 0.05) is 5.69 Å². The van der Waals surface area contributed by atoms with Gasteiger partial charge < -0.3 is 11.1 Å². The second kappa shape index (κ2) is 6.00. The number of anilines is 1. The first-order valence-electron chi connectivity index (χ1n) is 7.09. The Hall–Kier alpha value is -2.29. The second-order valence-electron chi connectivity index (χ2n) is 6.22. The highest BCUT2D eigenvalue weighted by molar-refractivity contribution is 5.84. The standard InChI is InChI=1S/C18H22N2O/c1-18(2,3)14-9-11-15(12-10-14)20-16(17(19)21)13-7-5-4-6-8-13/h4-12,16,20H,1-3H3,(H2,19,21). The van der Waals surface area contributed by atoms with Crippen LogP contribution in [0.4, 0.5) is 5.69 Å². The van der Waals surface area contributed by atoms with Gasteiger partial charge >= 0.3 is 0 Å². The molecular formula is C18H22N2O. The molecule has 1 unspecified atom stereocenters. The minimum Gasteiger partial charge on any atom is -0.370 e. The molecule has 0 aliphatic rings. The summed E-state index contributed by atoms with van der Waals surface area (Å²) in [5.41, 5.74) is 8.63. The Kier molecular flexibility index (Phi) is 4.32. The molecular weight excluding hydrogens is 260 g/mol. The molecule has 0 aliphatic heterocycles. The summed E-state index contributed by atoms with van der Waals surface area (Å²) in [5.74, 6) is -0.388. The van der Waals surface area contributed by atoms with Crippen molar-refractivity contribution < 1.29 is 4.79 Å². The fraction of sp³-hybridized carbons (Fsp3) is 0.278. The maximum absolute atomic E-state index is 11.7. The van der Waals surface area contributed by atoms with E-state index in [9.17, 15) is 4.79 Å². The van der Waals surface area contributed by atoms with Crippen LogP contribution in [-0.4, -0.2) is 5.91 Å². The highest BCUT2D eigenvalue weighted by atomic mass is 16.1. The number of carbonyl (C=O) groups is 1. The SMILES string of the molecule is CC(C)(C)c1ccc(NC(C(N)=O)c2ccccc2)cc1. The summed E-state index contributed by atoms with van der Waals surface area (Å²) in [6.07, 6.45) is 0. The molecule has 3 heteroatoms. The van der Waals surface area contributed by atoms with Crippen LogP contribution in [0.3, 0.4) is 0 Å². The average Bonchev–Trinajstić information content (AvgIpc) is 2.45. The molecule has 2 aromatic carbocycles. The van der Waals surface area contributed by atoms with Crippen molar-refractivity contribution in [2.45, 2.75) is 32.2 Å². The Morgan fingerprint density at radius 1 is 1.00 bits per heavy atom. The van der Waals surface area contributed by atoms with Gasteiger partial charge in [0.05, 0.1) is 0 Å². The number of carbonyl (C=O) groups excluding carboxylic acids is 1. The maximum Gasteiger partial charge on any atom is 0.244 e. The fourth-order valence-corrected chi connectivity index (χ4v) is 2.20. The van der Waals surface area contributed by atoms with Crippen LogP contribution in [0.5, 0.6) is 0 Å². The normalized spacial score (nSPS) is 12.7. The molecule has 0 bridgehead atoms. The lowest BCUT2D eigenvalue weighted by Gasteiger charge is -2.21. The predicted octanol–water partition coefficient (Wildman–Crippen LogP) is 3.62. The van der Waals surface area contributed by atoms with E-state index in [1.165, 1.54) is 5.56 Å². The molecule has 0 spiro atoms. The summed E-state index contributed by atoms with van der Waals surface area (Å²) < 4.78 is 0. The topological polar surface area (TPSA) is 55.1 Å². The third-order valence-corrected chi connectivity index (χ3v) is 3.48. The lowest BCUT2D eigenvalue weighted by Crippen LogP contribution is -2.27. The van der Waals surface area contributed by atoms with Gasteiger partial charge in [0.1, 0.15) is 6.04 Å². The molecule has 0 saturated carbocycles. The zero-order valence-corrected chi connectivity index (χ0v) is 12.8. The van der Waals surface area contributed by atoms with Crippen LogP contribution >= 0.6 is 0 Å². The number of benzene rings is 2. The van der Waals surface area contributed by atoms with E-state index in [2.05, 4.69) is 38.2 Å². The number of primary amides is 1. The lowest BCUT2D eigenvalue weighted by atomic mass is 9.87. The molecule has 0 aromatic heterocycles. The van der Waals surface area contributed by atoms with Gasteiger partial charge in [-0.05, 0) is 28.7 Å². The molecule has 21 heavy (non-hydrogen) atoms. The van der Waals surface area contributed by atoms with Gasteiger partial charge in [-0.2, -0.15) is 0 Å². The minimum absolute atomic E-state index is 0.112. The Morgan fingerprint density at radius 3 is 2.05 bits per heavy atom. The molecule has 0 aliphatic carbocycles. The van der Waals surface area contributed by atoms with Gasteiger partial charge in [-0.3, -0.25) is 4.79 Å². The highest BCUT2D eigenvalue weighted by Gasteiger charge is 2.18. The van der Waals surface area contributed by atoms with Crippen LogP contribution in [0.15, 0.2) is 54.6 Å². The van der Waals surface area contributed by atoms with Crippen molar-refractivity contribution in [2.24, 2.45) is 5.73 Å². The molecule has 3 N–H and O–H groups in total. The van der Waals surface area contributed by atoms with E-state index in [0.717, 1.165) is 11.3 Å². The van der Waals surface area contributed by atoms with Crippen LogP contribution in [0.2, 0.25) is 0 Å². The van der Waals surface area contributed by atoms with E-state index < -0.39 is 6.04 Å². The number of rotatable bonds is 4. The lowest BCUT2D eigenvalue weighted by molar-refractivity contribution is -0.118. The summed E-state index contributed by atoms with van der Waals surface area (Å²) in [6, 6.07) is 17.1. The summed E-state index contributed by atoms with van der Waals surface area (Å²) in [6.45, 7) is 6.52. The molecule has 0 radical (unpaired) electrons. The third kappa shape index (κ3) is 3.85. The summed E-state index contributed by atoms with van der Waals surface area (Å²) in [4.78, 5) is 11.7. The summed E-state index contributed by atoms with van der Waals surface area (Å²) >= 11 is 0. The monoisotopic (exact) mass is 282 g/mol. The molecule has 0 saturated heterocycles. The maximum atomic E-state index is 11.7. The molecule has 2 rings (SSSR count). The van der Waals surface area contributed by atoms with Gasteiger partial charge in [-0.25, -0.2) is 0 Å². The smallest absolute Gasteiger partial charge is 0.244 e. The van der Waals surface area contributed by atoms with Gasteiger partial charge in [0.15, 0.2) is 0 Å². The first-order chi connectivity index (χ1) is 9.88. The number of nitrogens with two attached hydrogens (primary N) is 1. The zero-order chi connectivity index (χ0) is 15.5.